The SMILES string of the molecule is CC(F)(F)COC(=O)C12CC3CC(CC(C3)C1)C2.Cc1ccc(C(=O)C([S+]2CCOCC2)C(C)(C)C)cc1. The van der Waals surface area contributed by atoms with E-state index in [0.717, 1.165) is 56.5 Å². The number of ether oxygens (including phenoxy) is 2. The van der Waals surface area contributed by atoms with Crippen LogP contribution in [0.15, 0.2) is 24.3 Å². The van der Waals surface area contributed by atoms with Crippen LogP contribution in [0.25, 0.3) is 0 Å². The summed E-state index contributed by atoms with van der Waals surface area (Å²) < 4.78 is 35.9. The molecule has 1 aliphatic heterocycles. The Balaban J connectivity index is 0.000000178. The first kappa shape index (κ1) is 29.5. The minimum absolute atomic E-state index is 0.00240. The lowest BCUT2D eigenvalue weighted by Crippen LogP contribution is -2.51. The summed E-state index contributed by atoms with van der Waals surface area (Å²) in [4.78, 5) is 25.2. The quantitative estimate of drug-likeness (QED) is 0.226. The van der Waals surface area contributed by atoms with Crippen LogP contribution in [0.5, 0.6) is 0 Å². The maximum atomic E-state index is 13.0. The average Bonchev–Trinajstić information content (AvgIpc) is 2.82. The van der Waals surface area contributed by atoms with Gasteiger partial charge in [-0.15, -0.1) is 0 Å². The van der Waals surface area contributed by atoms with Crippen molar-refractivity contribution in [1.29, 1.82) is 0 Å². The molecule has 4 aliphatic carbocycles. The fourth-order valence-corrected chi connectivity index (χ4v) is 10.2. The van der Waals surface area contributed by atoms with E-state index in [-0.39, 0.29) is 27.5 Å². The first-order chi connectivity index (χ1) is 17.8. The van der Waals surface area contributed by atoms with E-state index in [4.69, 9.17) is 9.47 Å². The fraction of sp³-hybridized carbons (Fsp3) is 0.742. The molecule has 5 aliphatic rings. The molecule has 0 radical (unpaired) electrons. The second kappa shape index (κ2) is 11.6. The molecule has 1 aromatic carbocycles. The minimum Gasteiger partial charge on any atom is -0.459 e. The normalized spacial score (nSPS) is 29.8. The van der Waals surface area contributed by atoms with Gasteiger partial charge in [-0.05, 0) is 63.2 Å². The maximum Gasteiger partial charge on any atom is 0.312 e. The van der Waals surface area contributed by atoms with Crippen molar-refractivity contribution in [1.82, 2.24) is 0 Å². The van der Waals surface area contributed by atoms with Gasteiger partial charge in [0.15, 0.2) is 11.9 Å². The summed E-state index contributed by atoms with van der Waals surface area (Å²) in [6, 6.07) is 8.00. The van der Waals surface area contributed by atoms with Crippen molar-refractivity contribution >= 4 is 22.6 Å². The topological polar surface area (TPSA) is 52.6 Å². The lowest BCUT2D eigenvalue weighted by atomic mass is 9.49. The van der Waals surface area contributed by atoms with Crippen molar-refractivity contribution < 1.29 is 27.8 Å². The lowest BCUT2D eigenvalue weighted by molar-refractivity contribution is -0.180. The molecule has 5 fully saturated rings. The first-order valence-electron chi connectivity index (χ1n) is 14.2. The van der Waals surface area contributed by atoms with E-state index in [1.54, 1.807) is 0 Å². The molecule has 0 N–H and O–H groups in total. The van der Waals surface area contributed by atoms with Crippen LogP contribution in [-0.4, -0.2) is 54.3 Å². The van der Waals surface area contributed by atoms with E-state index in [1.807, 2.05) is 24.3 Å². The van der Waals surface area contributed by atoms with Crippen molar-refractivity contribution in [2.75, 3.05) is 31.3 Å². The predicted molar refractivity (Wildman–Crippen MR) is 149 cm³/mol. The monoisotopic (exact) mass is 551 g/mol. The Morgan fingerprint density at radius 2 is 1.47 bits per heavy atom. The molecule has 1 aromatic rings. The summed E-state index contributed by atoms with van der Waals surface area (Å²) in [5, 5.41) is 0.106. The highest BCUT2D eigenvalue weighted by molar-refractivity contribution is 7.98. The molecule has 7 heteroatoms. The van der Waals surface area contributed by atoms with Gasteiger partial charge in [-0.25, -0.2) is 8.78 Å². The van der Waals surface area contributed by atoms with Gasteiger partial charge in [-0.1, -0.05) is 50.6 Å². The number of hydrogen-bond acceptors (Lipinski definition) is 4. The number of Topliss-reactive ketones (excluding diaryl/α,β-unsaturated/α-hetero) is 1. The summed E-state index contributed by atoms with van der Waals surface area (Å²) in [6.45, 7) is 10.2. The zero-order valence-corrected chi connectivity index (χ0v) is 24.5. The van der Waals surface area contributed by atoms with E-state index in [0.29, 0.717) is 23.5 Å². The van der Waals surface area contributed by atoms with E-state index >= 15 is 0 Å². The Labute approximate surface area is 230 Å². The Bertz CT molecular complexity index is 938. The summed E-state index contributed by atoms with van der Waals surface area (Å²) in [6.07, 6.45) is 6.30. The molecule has 4 bridgehead atoms. The highest BCUT2D eigenvalue weighted by Crippen LogP contribution is 2.60. The molecule has 38 heavy (non-hydrogen) atoms. The highest BCUT2D eigenvalue weighted by atomic mass is 32.2. The lowest BCUT2D eigenvalue weighted by Gasteiger charge is -2.55. The Morgan fingerprint density at radius 3 is 1.92 bits per heavy atom. The van der Waals surface area contributed by atoms with Crippen molar-refractivity contribution in [2.24, 2.45) is 28.6 Å². The average molecular weight is 552 g/mol. The van der Waals surface area contributed by atoms with Gasteiger partial charge in [-0.2, -0.15) is 0 Å². The zero-order valence-electron chi connectivity index (χ0n) is 23.7. The molecule has 1 unspecified atom stereocenters. The van der Waals surface area contributed by atoms with Crippen molar-refractivity contribution in [3.63, 3.8) is 0 Å². The summed E-state index contributed by atoms with van der Waals surface area (Å²) in [5.74, 6) is 0.977. The van der Waals surface area contributed by atoms with Crippen molar-refractivity contribution in [3.8, 4) is 0 Å². The molecule has 0 aromatic heterocycles. The number of carbonyl (C=O) groups is 2. The van der Waals surface area contributed by atoms with Crippen LogP contribution in [0.4, 0.5) is 8.78 Å². The van der Waals surface area contributed by atoms with Crippen LogP contribution in [-0.2, 0) is 25.2 Å². The van der Waals surface area contributed by atoms with Crippen LogP contribution in [0.2, 0.25) is 0 Å². The minimum atomic E-state index is -2.92. The number of halogens is 2. The number of hydrogen-bond donors (Lipinski definition) is 0. The number of aryl methyl sites for hydroxylation is 1. The molecule has 1 atom stereocenters. The third-order valence-electron chi connectivity index (χ3n) is 8.60. The molecule has 1 saturated heterocycles. The van der Waals surface area contributed by atoms with Crippen LogP contribution < -0.4 is 0 Å². The fourth-order valence-electron chi connectivity index (χ4n) is 7.39. The summed E-state index contributed by atoms with van der Waals surface area (Å²) in [7, 11) is 0.138. The Hall–Kier alpha value is -1.47. The van der Waals surface area contributed by atoms with Crippen molar-refractivity contribution in [2.45, 2.75) is 84.3 Å². The Morgan fingerprint density at radius 1 is 0.974 bits per heavy atom. The molecular formula is C31H45F2O4S+. The van der Waals surface area contributed by atoms with Gasteiger partial charge in [0, 0.05) is 28.8 Å². The van der Waals surface area contributed by atoms with Crippen molar-refractivity contribution in [3.05, 3.63) is 35.4 Å². The second-order valence-corrected chi connectivity index (χ2v) is 15.7. The van der Waals surface area contributed by atoms with E-state index in [1.165, 1.54) is 24.8 Å². The third-order valence-corrected chi connectivity index (χ3v) is 11.6. The molecule has 212 valence electrons. The van der Waals surface area contributed by atoms with Gasteiger partial charge in [-0.3, -0.25) is 9.59 Å². The molecule has 0 amide bonds. The highest BCUT2D eigenvalue weighted by Gasteiger charge is 2.55. The van der Waals surface area contributed by atoms with Crippen LogP contribution in [0, 0.1) is 35.5 Å². The Kier molecular flexibility index (Phi) is 8.98. The molecular weight excluding hydrogens is 506 g/mol. The first-order valence-corrected chi connectivity index (χ1v) is 15.8. The number of ketones is 1. The zero-order chi connectivity index (χ0) is 27.7. The summed E-state index contributed by atoms with van der Waals surface area (Å²) in [5.41, 5.74) is 1.64. The van der Waals surface area contributed by atoms with Crippen LogP contribution in [0.3, 0.4) is 0 Å². The molecule has 6 rings (SSSR count). The van der Waals surface area contributed by atoms with Gasteiger partial charge in [0.1, 0.15) is 11.5 Å². The van der Waals surface area contributed by atoms with E-state index in [9.17, 15) is 18.4 Å². The number of esters is 1. The number of rotatable bonds is 6. The largest absolute Gasteiger partial charge is 0.459 e. The number of carbonyl (C=O) groups excluding carboxylic acids is 2. The summed E-state index contributed by atoms with van der Waals surface area (Å²) >= 11 is 0. The number of benzene rings is 1. The van der Waals surface area contributed by atoms with Gasteiger partial charge in [0.25, 0.3) is 5.92 Å². The third kappa shape index (κ3) is 7.18. The number of alkyl halides is 2. The molecule has 4 saturated carbocycles. The van der Waals surface area contributed by atoms with E-state index in [2.05, 4.69) is 27.7 Å². The van der Waals surface area contributed by atoms with E-state index < -0.39 is 17.9 Å². The molecule has 0 spiro atoms. The van der Waals surface area contributed by atoms with Gasteiger partial charge < -0.3 is 9.47 Å². The second-order valence-electron chi connectivity index (χ2n) is 13.4. The molecule has 4 nitrogen and oxygen atoms in total. The standard InChI is InChI=1S/C17H25O2S.C14H20F2O2/c1-13-5-7-14(8-6-13)15(18)16(17(2,3)4)20-11-9-19-10-12-20;1-13(15,16)8-18-12(17)14-5-9-2-10(6-14)4-11(3-9)7-14/h5-8,16H,9-12H2,1-4H3;9-11H,2-8H2,1H3/q+1;. The predicted octanol–water partition coefficient (Wildman–Crippen LogP) is 6.64. The van der Waals surface area contributed by atoms with Crippen LogP contribution in [0.1, 0.15) is 82.1 Å². The maximum absolute atomic E-state index is 13.0. The van der Waals surface area contributed by atoms with Gasteiger partial charge in [0.05, 0.1) is 18.6 Å². The molecule has 1 heterocycles. The van der Waals surface area contributed by atoms with Gasteiger partial charge >= 0.3 is 5.97 Å². The van der Waals surface area contributed by atoms with Gasteiger partial charge in [0.2, 0.25) is 5.78 Å². The van der Waals surface area contributed by atoms with Crippen LogP contribution >= 0.6 is 0 Å². The smallest absolute Gasteiger partial charge is 0.312 e.